The van der Waals surface area contributed by atoms with E-state index in [0.29, 0.717) is 5.69 Å². The fourth-order valence-corrected chi connectivity index (χ4v) is 4.18. The summed E-state index contributed by atoms with van der Waals surface area (Å²) in [7, 11) is 0. The van der Waals surface area contributed by atoms with Crippen LogP contribution in [0.4, 0.5) is 15.8 Å². The lowest BCUT2D eigenvalue weighted by Crippen LogP contribution is -2.32. The summed E-state index contributed by atoms with van der Waals surface area (Å²) in [5.41, 5.74) is 3.23. The topological polar surface area (TPSA) is 49.4 Å². The average molecular weight is 453 g/mol. The predicted molar refractivity (Wildman–Crippen MR) is 123 cm³/mol. The Morgan fingerprint density at radius 1 is 0.871 bits per heavy atom. The molecule has 0 saturated carbocycles. The Labute approximate surface area is 188 Å². The summed E-state index contributed by atoms with van der Waals surface area (Å²) in [6, 6.07) is 18.9. The molecule has 4 nitrogen and oxygen atoms in total. The van der Waals surface area contributed by atoms with Crippen molar-refractivity contribution in [3.05, 3.63) is 99.3 Å². The Kier molecular flexibility index (Phi) is 5.85. The molecule has 1 N–H and O–H groups in total. The van der Waals surface area contributed by atoms with Crippen molar-refractivity contribution >= 4 is 46.6 Å². The summed E-state index contributed by atoms with van der Waals surface area (Å²) in [5, 5.41) is 2.93. The van der Waals surface area contributed by atoms with Gasteiger partial charge in [0, 0.05) is 10.6 Å². The van der Waals surface area contributed by atoms with Crippen molar-refractivity contribution in [2.24, 2.45) is 0 Å². The predicted octanol–water partition coefficient (Wildman–Crippen LogP) is 6.09. The maximum absolute atomic E-state index is 13.6. The maximum Gasteiger partial charge on any atom is 0.283 e. The molecule has 156 valence electrons. The number of hydrogen-bond acceptors (Lipinski definition) is 4. The number of imide groups is 1. The highest BCUT2D eigenvalue weighted by molar-refractivity contribution is 8.04. The molecule has 0 saturated heterocycles. The monoisotopic (exact) mass is 452 g/mol. The first-order chi connectivity index (χ1) is 14.8. The van der Waals surface area contributed by atoms with Crippen LogP contribution in [0.1, 0.15) is 11.1 Å². The molecule has 0 atom stereocenters. The maximum atomic E-state index is 13.6. The first kappa shape index (κ1) is 21.2. The highest BCUT2D eigenvalue weighted by Gasteiger charge is 2.40. The third kappa shape index (κ3) is 4.36. The first-order valence-corrected chi connectivity index (χ1v) is 10.7. The van der Waals surface area contributed by atoms with Crippen LogP contribution in [0.2, 0.25) is 5.02 Å². The number of carbonyl (C=O) groups is 2. The largest absolute Gasteiger partial charge is 0.350 e. The van der Waals surface area contributed by atoms with Crippen LogP contribution in [0, 0.1) is 19.7 Å². The number of benzene rings is 3. The molecule has 1 aliphatic heterocycles. The minimum absolute atomic E-state index is 0.161. The van der Waals surface area contributed by atoms with Crippen LogP contribution in [0.15, 0.2) is 82.2 Å². The third-order valence-electron chi connectivity index (χ3n) is 4.76. The van der Waals surface area contributed by atoms with E-state index in [1.165, 1.54) is 23.9 Å². The summed E-state index contributed by atoms with van der Waals surface area (Å²) >= 11 is 7.10. The zero-order valence-corrected chi connectivity index (χ0v) is 18.4. The van der Waals surface area contributed by atoms with E-state index >= 15 is 0 Å². The van der Waals surface area contributed by atoms with Gasteiger partial charge < -0.3 is 5.32 Å². The summed E-state index contributed by atoms with van der Waals surface area (Å²) in [4.78, 5) is 28.7. The Bertz CT molecular complexity index is 1140. The standard InChI is InChI=1S/C24H18ClFN2O2S/c1-14-3-7-16(8-4-14)27-21-22(31-18-10-5-15(2)6-11-18)24(30)28(23(21)29)17-9-12-20(26)19(25)13-17/h3-13,27H,1-2H3. The minimum Gasteiger partial charge on any atom is -0.350 e. The van der Waals surface area contributed by atoms with Gasteiger partial charge in [-0.2, -0.15) is 0 Å². The zero-order valence-electron chi connectivity index (χ0n) is 16.8. The molecule has 1 aliphatic rings. The van der Waals surface area contributed by atoms with Crippen molar-refractivity contribution in [2.45, 2.75) is 18.7 Å². The molecule has 31 heavy (non-hydrogen) atoms. The summed E-state index contributed by atoms with van der Waals surface area (Å²) < 4.78 is 13.6. The average Bonchev–Trinajstić information content (AvgIpc) is 2.97. The molecule has 3 aromatic carbocycles. The molecular formula is C24H18ClFN2O2S. The van der Waals surface area contributed by atoms with Crippen LogP contribution in [-0.2, 0) is 9.59 Å². The van der Waals surface area contributed by atoms with E-state index in [1.54, 1.807) is 0 Å². The third-order valence-corrected chi connectivity index (χ3v) is 6.14. The van der Waals surface area contributed by atoms with Crippen molar-refractivity contribution in [3.8, 4) is 0 Å². The summed E-state index contributed by atoms with van der Waals surface area (Å²) in [6.45, 7) is 3.94. The quantitative estimate of drug-likeness (QED) is 0.476. The minimum atomic E-state index is -0.621. The number of nitrogens with one attached hydrogen (secondary N) is 1. The number of aryl methyl sites for hydroxylation is 2. The van der Waals surface area contributed by atoms with Crippen LogP contribution in [0.25, 0.3) is 0 Å². The molecule has 0 spiro atoms. The molecule has 4 rings (SSSR count). The van der Waals surface area contributed by atoms with Gasteiger partial charge in [-0.3, -0.25) is 9.59 Å². The van der Waals surface area contributed by atoms with E-state index in [4.69, 9.17) is 11.6 Å². The number of halogens is 2. The lowest BCUT2D eigenvalue weighted by Gasteiger charge is -2.15. The fraction of sp³-hybridized carbons (Fsp3) is 0.0833. The van der Waals surface area contributed by atoms with Crippen LogP contribution in [0.3, 0.4) is 0 Å². The molecule has 2 amide bonds. The lowest BCUT2D eigenvalue weighted by atomic mass is 10.2. The second kappa shape index (κ2) is 8.57. The Morgan fingerprint density at radius 3 is 2.10 bits per heavy atom. The van der Waals surface area contributed by atoms with Gasteiger partial charge in [-0.1, -0.05) is 58.8 Å². The summed E-state index contributed by atoms with van der Waals surface area (Å²) in [5.74, 6) is -1.64. The number of nitrogens with zero attached hydrogens (tertiary/aromatic N) is 1. The molecule has 0 unspecified atom stereocenters. The van der Waals surface area contributed by atoms with Gasteiger partial charge in [-0.15, -0.1) is 0 Å². The van der Waals surface area contributed by atoms with E-state index in [0.717, 1.165) is 27.0 Å². The zero-order chi connectivity index (χ0) is 22.1. The van der Waals surface area contributed by atoms with Crippen molar-refractivity contribution in [3.63, 3.8) is 0 Å². The molecule has 0 aromatic heterocycles. The number of amides is 2. The molecule has 0 aliphatic carbocycles. The number of anilines is 2. The van der Waals surface area contributed by atoms with Gasteiger partial charge in [0.2, 0.25) is 0 Å². The lowest BCUT2D eigenvalue weighted by molar-refractivity contribution is -0.120. The van der Waals surface area contributed by atoms with Crippen molar-refractivity contribution < 1.29 is 14.0 Å². The van der Waals surface area contributed by atoms with Gasteiger partial charge in [-0.05, 0) is 56.3 Å². The fourth-order valence-electron chi connectivity index (χ4n) is 3.08. The molecule has 0 bridgehead atoms. The first-order valence-electron chi connectivity index (χ1n) is 9.50. The van der Waals surface area contributed by atoms with Crippen LogP contribution >= 0.6 is 23.4 Å². The smallest absolute Gasteiger partial charge is 0.283 e. The van der Waals surface area contributed by atoms with Crippen molar-refractivity contribution in [1.29, 1.82) is 0 Å². The van der Waals surface area contributed by atoms with E-state index in [2.05, 4.69) is 5.32 Å². The number of rotatable bonds is 5. The van der Waals surface area contributed by atoms with Crippen molar-refractivity contribution in [2.75, 3.05) is 10.2 Å². The highest BCUT2D eigenvalue weighted by atomic mass is 35.5. The molecule has 3 aromatic rings. The van der Waals surface area contributed by atoms with Crippen molar-refractivity contribution in [1.82, 2.24) is 0 Å². The van der Waals surface area contributed by atoms with Crippen LogP contribution < -0.4 is 10.2 Å². The van der Waals surface area contributed by atoms with Gasteiger partial charge in [0.1, 0.15) is 16.4 Å². The molecule has 0 radical (unpaired) electrons. The Hall–Kier alpha value is -3.09. The van der Waals surface area contributed by atoms with E-state index in [-0.39, 0.29) is 21.3 Å². The van der Waals surface area contributed by atoms with E-state index in [1.807, 2.05) is 62.4 Å². The number of hydrogen-bond donors (Lipinski definition) is 1. The Balaban J connectivity index is 1.74. The second-order valence-corrected chi connectivity index (χ2v) is 8.65. The van der Waals surface area contributed by atoms with E-state index < -0.39 is 17.6 Å². The van der Waals surface area contributed by atoms with Gasteiger partial charge in [-0.25, -0.2) is 9.29 Å². The molecule has 7 heteroatoms. The van der Waals surface area contributed by atoms with Gasteiger partial charge in [0.05, 0.1) is 10.7 Å². The van der Waals surface area contributed by atoms with Crippen LogP contribution in [0.5, 0.6) is 0 Å². The van der Waals surface area contributed by atoms with E-state index in [9.17, 15) is 14.0 Å². The van der Waals surface area contributed by atoms with Gasteiger partial charge >= 0.3 is 0 Å². The number of carbonyl (C=O) groups excluding carboxylic acids is 2. The SMILES string of the molecule is Cc1ccc(NC2=C(Sc3ccc(C)cc3)C(=O)N(c3ccc(F)c(Cl)c3)C2=O)cc1. The molecular weight excluding hydrogens is 435 g/mol. The molecule has 0 fully saturated rings. The van der Waals surface area contributed by atoms with Gasteiger partial charge in [0.15, 0.2) is 0 Å². The number of thioether (sulfide) groups is 1. The summed E-state index contributed by atoms with van der Waals surface area (Å²) in [6.07, 6.45) is 0. The Morgan fingerprint density at radius 2 is 1.48 bits per heavy atom. The highest BCUT2D eigenvalue weighted by Crippen LogP contribution is 2.38. The second-order valence-electron chi connectivity index (χ2n) is 7.15. The van der Waals surface area contributed by atoms with Gasteiger partial charge in [0.25, 0.3) is 11.8 Å². The molecule has 1 heterocycles. The normalized spacial score (nSPS) is 13.9. The van der Waals surface area contributed by atoms with Crippen LogP contribution in [-0.4, -0.2) is 11.8 Å².